The quantitative estimate of drug-likeness (QED) is 0.505. The molecular weight excluding hydrogens is 431 g/mol. The van der Waals surface area contributed by atoms with Crippen LogP contribution in [0.15, 0.2) is 36.4 Å². The lowest BCUT2D eigenvalue weighted by Gasteiger charge is -2.31. The van der Waals surface area contributed by atoms with Crippen LogP contribution in [0.2, 0.25) is 10.0 Å². The highest BCUT2D eigenvalue weighted by atomic mass is 35.5. The summed E-state index contributed by atoms with van der Waals surface area (Å²) in [5.41, 5.74) is 4.00. The van der Waals surface area contributed by atoms with E-state index < -0.39 is 6.04 Å². The minimum atomic E-state index is -0.568. The molecule has 0 saturated carbocycles. The summed E-state index contributed by atoms with van der Waals surface area (Å²) in [6, 6.07) is 10.9. The Balaban J connectivity index is 2.35. The number of nitrogens with zero attached hydrogens (tertiary/aromatic N) is 1. The van der Waals surface area contributed by atoms with E-state index in [-0.39, 0.29) is 30.8 Å². The molecule has 0 heterocycles. The zero-order valence-electron chi connectivity index (χ0n) is 19.0. The van der Waals surface area contributed by atoms with Crippen molar-refractivity contribution in [3.8, 4) is 0 Å². The van der Waals surface area contributed by atoms with Crippen LogP contribution in [0.4, 0.5) is 0 Å². The van der Waals surface area contributed by atoms with Gasteiger partial charge < -0.3 is 10.2 Å². The van der Waals surface area contributed by atoms with E-state index in [1.165, 1.54) is 0 Å². The van der Waals surface area contributed by atoms with Crippen molar-refractivity contribution in [3.05, 3.63) is 68.7 Å². The molecule has 4 nitrogen and oxygen atoms in total. The Kier molecular flexibility index (Phi) is 9.39. The first-order chi connectivity index (χ1) is 14.6. The summed E-state index contributed by atoms with van der Waals surface area (Å²) in [6.07, 6.45) is 1.57. The van der Waals surface area contributed by atoms with Crippen molar-refractivity contribution in [1.29, 1.82) is 0 Å². The summed E-state index contributed by atoms with van der Waals surface area (Å²) in [7, 11) is 0. The number of hydrogen-bond donors (Lipinski definition) is 1. The molecule has 0 radical (unpaired) electrons. The molecule has 0 aliphatic rings. The van der Waals surface area contributed by atoms with E-state index in [4.69, 9.17) is 23.2 Å². The Morgan fingerprint density at radius 3 is 2.13 bits per heavy atom. The van der Waals surface area contributed by atoms with Crippen molar-refractivity contribution in [2.45, 2.75) is 72.5 Å². The van der Waals surface area contributed by atoms with Gasteiger partial charge in [-0.2, -0.15) is 0 Å². The monoisotopic (exact) mass is 462 g/mol. The van der Waals surface area contributed by atoms with Crippen LogP contribution >= 0.6 is 23.2 Å². The fourth-order valence-corrected chi connectivity index (χ4v) is 3.96. The summed E-state index contributed by atoms with van der Waals surface area (Å²) in [6.45, 7) is 10.2. The van der Waals surface area contributed by atoms with Crippen molar-refractivity contribution < 1.29 is 9.59 Å². The SMILES string of the molecule is CC[C@@H](C)NC(=O)[C@@H](CC)N(Cc1ccc(Cl)c(Cl)c1)C(=O)Cc1cc(C)cc(C)c1. The molecule has 0 bridgehead atoms. The number of aryl methyl sites for hydroxylation is 2. The van der Waals surface area contributed by atoms with E-state index in [1.807, 2.05) is 52.8 Å². The smallest absolute Gasteiger partial charge is 0.243 e. The molecule has 0 saturated heterocycles. The molecule has 2 amide bonds. The Bertz CT molecular complexity index is 909. The molecule has 2 atom stereocenters. The molecule has 0 aromatic heterocycles. The molecule has 1 N–H and O–H groups in total. The molecule has 2 rings (SSSR count). The summed E-state index contributed by atoms with van der Waals surface area (Å²) in [5, 5.41) is 3.91. The second-order valence-electron chi connectivity index (χ2n) is 8.18. The van der Waals surface area contributed by atoms with E-state index in [2.05, 4.69) is 11.4 Å². The number of nitrogens with one attached hydrogen (secondary N) is 1. The molecule has 2 aromatic carbocycles. The van der Waals surface area contributed by atoms with Crippen molar-refractivity contribution in [1.82, 2.24) is 10.2 Å². The van der Waals surface area contributed by atoms with Gasteiger partial charge in [-0.25, -0.2) is 0 Å². The lowest BCUT2D eigenvalue weighted by Crippen LogP contribution is -2.51. The number of carbonyl (C=O) groups excluding carboxylic acids is 2. The second-order valence-corrected chi connectivity index (χ2v) is 9.00. The van der Waals surface area contributed by atoms with Crippen LogP contribution in [0, 0.1) is 13.8 Å². The third-order valence-electron chi connectivity index (χ3n) is 5.36. The Labute approximate surface area is 195 Å². The average molecular weight is 463 g/mol. The molecule has 0 unspecified atom stereocenters. The Morgan fingerprint density at radius 1 is 0.935 bits per heavy atom. The molecule has 0 aliphatic heterocycles. The number of benzene rings is 2. The Morgan fingerprint density at radius 2 is 1.58 bits per heavy atom. The first kappa shape index (κ1) is 25.2. The maximum atomic E-state index is 13.4. The van der Waals surface area contributed by atoms with Gasteiger partial charge in [0.15, 0.2) is 0 Å². The molecule has 168 valence electrons. The van der Waals surface area contributed by atoms with Crippen LogP contribution in [0.3, 0.4) is 0 Å². The van der Waals surface area contributed by atoms with Gasteiger partial charge in [0.25, 0.3) is 0 Å². The molecule has 0 fully saturated rings. The second kappa shape index (κ2) is 11.5. The maximum absolute atomic E-state index is 13.4. The van der Waals surface area contributed by atoms with E-state index in [1.54, 1.807) is 17.0 Å². The molecule has 6 heteroatoms. The van der Waals surface area contributed by atoms with Crippen molar-refractivity contribution in [2.75, 3.05) is 0 Å². The van der Waals surface area contributed by atoms with Gasteiger partial charge in [-0.1, -0.05) is 72.4 Å². The molecule has 0 spiro atoms. The number of carbonyl (C=O) groups is 2. The topological polar surface area (TPSA) is 49.4 Å². The standard InChI is InChI=1S/C25H32Cl2N2O2/c1-6-18(5)28-25(31)23(7-2)29(15-19-8-9-21(26)22(27)13-19)24(30)14-20-11-16(3)10-17(4)12-20/h8-13,18,23H,6-7,14-15H2,1-5H3,(H,28,31)/t18-,23-/m1/s1. The first-order valence-corrected chi connectivity index (χ1v) is 11.5. The molecule has 0 aliphatic carbocycles. The lowest BCUT2D eigenvalue weighted by molar-refractivity contribution is -0.141. The number of halogens is 2. The zero-order valence-corrected chi connectivity index (χ0v) is 20.5. The van der Waals surface area contributed by atoms with Gasteiger partial charge in [0.05, 0.1) is 16.5 Å². The highest BCUT2D eigenvalue weighted by Crippen LogP contribution is 2.24. The molecule has 31 heavy (non-hydrogen) atoms. The number of rotatable bonds is 9. The first-order valence-electron chi connectivity index (χ1n) is 10.8. The van der Waals surface area contributed by atoms with Crippen LogP contribution in [0.25, 0.3) is 0 Å². The van der Waals surface area contributed by atoms with Gasteiger partial charge >= 0.3 is 0 Å². The van der Waals surface area contributed by atoms with E-state index in [0.717, 1.165) is 28.7 Å². The van der Waals surface area contributed by atoms with Crippen molar-refractivity contribution in [3.63, 3.8) is 0 Å². The predicted octanol–water partition coefficient (Wildman–Crippen LogP) is 5.87. The summed E-state index contributed by atoms with van der Waals surface area (Å²) >= 11 is 12.2. The zero-order chi connectivity index (χ0) is 23.1. The minimum Gasteiger partial charge on any atom is -0.352 e. The van der Waals surface area contributed by atoms with Crippen LogP contribution < -0.4 is 5.32 Å². The lowest BCUT2D eigenvalue weighted by atomic mass is 10.0. The van der Waals surface area contributed by atoms with E-state index in [0.29, 0.717) is 16.5 Å². The predicted molar refractivity (Wildman–Crippen MR) is 129 cm³/mol. The minimum absolute atomic E-state index is 0.0444. The van der Waals surface area contributed by atoms with Gasteiger partial charge in [-0.15, -0.1) is 0 Å². The highest BCUT2D eigenvalue weighted by Gasteiger charge is 2.29. The van der Waals surface area contributed by atoms with E-state index in [9.17, 15) is 9.59 Å². The molecule has 2 aromatic rings. The van der Waals surface area contributed by atoms with Crippen LogP contribution in [-0.4, -0.2) is 28.8 Å². The summed E-state index contributed by atoms with van der Waals surface area (Å²) < 4.78 is 0. The third kappa shape index (κ3) is 7.26. The average Bonchev–Trinajstić information content (AvgIpc) is 2.69. The normalized spacial score (nSPS) is 12.9. The fourth-order valence-electron chi connectivity index (χ4n) is 3.64. The Hall–Kier alpha value is -2.04. The van der Waals surface area contributed by atoms with Gasteiger partial charge in [0, 0.05) is 12.6 Å². The largest absolute Gasteiger partial charge is 0.352 e. The van der Waals surface area contributed by atoms with Crippen LogP contribution in [0.1, 0.15) is 55.9 Å². The van der Waals surface area contributed by atoms with Gasteiger partial charge in [0.1, 0.15) is 6.04 Å². The van der Waals surface area contributed by atoms with Crippen molar-refractivity contribution >= 4 is 35.0 Å². The van der Waals surface area contributed by atoms with Gasteiger partial charge in [0.2, 0.25) is 11.8 Å². The molecular formula is C25H32Cl2N2O2. The number of amides is 2. The van der Waals surface area contributed by atoms with Gasteiger partial charge in [-0.3, -0.25) is 9.59 Å². The van der Waals surface area contributed by atoms with Crippen LogP contribution in [-0.2, 0) is 22.6 Å². The summed E-state index contributed by atoms with van der Waals surface area (Å²) in [5.74, 6) is -0.229. The third-order valence-corrected chi connectivity index (χ3v) is 6.10. The fraction of sp³-hybridized carbons (Fsp3) is 0.440. The number of hydrogen-bond acceptors (Lipinski definition) is 2. The van der Waals surface area contributed by atoms with Crippen molar-refractivity contribution in [2.24, 2.45) is 0 Å². The van der Waals surface area contributed by atoms with Gasteiger partial charge in [-0.05, 0) is 56.9 Å². The highest BCUT2D eigenvalue weighted by molar-refractivity contribution is 6.42. The summed E-state index contributed by atoms with van der Waals surface area (Å²) in [4.78, 5) is 28.1. The maximum Gasteiger partial charge on any atom is 0.243 e. The van der Waals surface area contributed by atoms with Crippen LogP contribution in [0.5, 0.6) is 0 Å². The van der Waals surface area contributed by atoms with E-state index >= 15 is 0 Å².